The molecule has 0 saturated heterocycles. The standard InChI is InChI=1S/C14H23N4O/c1-3-16-8-9-17(13-16)10-12-19-11-5-14-15-6-7-18(14)4-2/h6-9,13H,3-5,10-12H2,1-2H3/q+1. The molecule has 0 radical (unpaired) electrons. The minimum Gasteiger partial charge on any atom is -0.377 e. The summed E-state index contributed by atoms with van der Waals surface area (Å²) in [6.07, 6.45) is 11.0. The number of hydrogen-bond acceptors (Lipinski definition) is 2. The van der Waals surface area contributed by atoms with Gasteiger partial charge < -0.3 is 9.30 Å². The van der Waals surface area contributed by atoms with Crippen molar-refractivity contribution in [2.75, 3.05) is 13.2 Å². The number of nitrogens with zero attached hydrogens (tertiary/aromatic N) is 4. The van der Waals surface area contributed by atoms with E-state index in [4.69, 9.17) is 4.74 Å². The molecule has 0 aliphatic heterocycles. The molecule has 19 heavy (non-hydrogen) atoms. The van der Waals surface area contributed by atoms with Gasteiger partial charge in [0.05, 0.1) is 19.8 Å². The molecule has 104 valence electrons. The van der Waals surface area contributed by atoms with E-state index in [0.717, 1.165) is 45.1 Å². The molecule has 0 unspecified atom stereocenters. The van der Waals surface area contributed by atoms with Crippen LogP contribution in [0.2, 0.25) is 0 Å². The number of aromatic nitrogens is 4. The van der Waals surface area contributed by atoms with E-state index in [1.54, 1.807) is 0 Å². The highest BCUT2D eigenvalue weighted by atomic mass is 16.5. The van der Waals surface area contributed by atoms with Gasteiger partial charge >= 0.3 is 0 Å². The van der Waals surface area contributed by atoms with Gasteiger partial charge in [-0.15, -0.1) is 0 Å². The molecule has 0 N–H and O–H groups in total. The largest absolute Gasteiger partial charge is 0.377 e. The van der Waals surface area contributed by atoms with Crippen LogP contribution in [-0.2, 0) is 30.8 Å². The number of hydrogen-bond donors (Lipinski definition) is 0. The van der Waals surface area contributed by atoms with Crippen LogP contribution in [0.3, 0.4) is 0 Å². The molecule has 0 bridgehead atoms. The van der Waals surface area contributed by atoms with Crippen LogP contribution in [0, 0.1) is 0 Å². The molecule has 2 aromatic heterocycles. The van der Waals surface area contributed by atoms with Crippen LogP contribution in [-0.4, -0.2) is 27.3 Å². The van der Waals surface area contributed by atoms with Crippen molar-refractivity contribution in [3.8, 4) is 0 Å². The molecule has 2 rings (SSSR count). The zero-order valence-corrected chi connectivity index (χ0v) is 11.8. The maximum atomic E-state index is 5.67. The van der Waals surface area contributed by atoms with Gasteiger partial charge in [-0.25, -0.2) is 14.1 Å². The Morgan fingerprint density at radius 2 is 2.11 bits per heavy atom. The second-order valence-electron chi connectivity index (χ2n) is 4.47. The SMILES string of the molecule is CCn1cc[n+](CCOCCc2nccn2CC)c1. The highest BCUT2D eigenvalue weighted by Gasteiger charge is 2.03. The Labute approximate surface area is 114 Å². The zero-order valence-electron chi connectivity index (χ0n) is 11.8. The Hall–Kier alpha value is -1.62. The number of aryl methyl sites for hydroxylation is 2. The average Bonchev–Trinajstić information content (AvgIpc) is 3.06. The molecule has 0 aromatic carbocycles. The number of rotatable bonds is 8. The van der Waals surface area contributed by atoms with Gasteiger partial charge in [-0.3, -0.25) is 0 Å². The van der Waals surface area contributed by atoms with Gasteiger partial charge in [-0.2, -0.15) is 0 Å². The molecule has 2 heterocycles. The van der Waals surface area contributed by atoms with Crippen molar-refractivity contribution in [2.45, 2.75) is 39.9 Å². The minimum absolute atomic E-state index is 0.728. The summed E-state index contributed by atoms with van der Waals surface area (Å²) in [5.41, 5.74) is 0. The fourth-order valence-corrected chi connectivity index (χ4v) is 2.05. The smallest absolute Gasteiger partial charge is 0.243 e. The average molecular weight is 263 g/mol. The summed E-state index contributed by atoms with van der Waals surface area (Å²) < 4.78 is 12.1. The van der Waals surface area contributed by atoms with Gasteiger partial charge in [0, 0.05) is 25.4 Å². The Bertz CT molecular complexity index is 489. The first-order chi connectivity index (χ1) is 9.33. The first-order valence-electron chi connectivity index (χ1n) is 6.96. The lowest BCUT2D eigenvalue weighted by Gasteiger charge is -2.05. The molecular formula is C14H23N4O+. The fraction of sp³-hybridized carbons (Fsp3) is 0.571. The molecule has 0 aliphatic rings. The van der Waals surface area contributed by atoms with Crippen LogP contribution in [0.25, 0.3) is 0 Å². The van der Waals surface area contributed by atoms with Crippen molar-refractivity contribution in [3.63, 3.8) is 0 Å². The summed E-state index contributed by atoms with van der Waals surface area (Å²) in [6.45, 7) is 8.60. The maximum absolute atomic E-state index is 5.67. The second-order valence-corrected chi connectivity index (χ2v) is 4.47. The van der Waals surface area contributed by atoms with E-state index in [9.17, 15) is 0 Å². The van der Waals surface area contributed by atoms with Gasteiger partial charge in [0.1, 0.15) is 24.8 Å². The lowest BCUT2D eigenvalue weighted by molar-refractivity contribution is -0.698. The highest BCUT2D eigenvalue weighted by Crippen LogP contribution is 1.98. The summed E-state index contributed by atoms with van der Waals surface area (Å²) >= 11 is 0. The predicted octanol–water partition coefficient (Wildman–Crippen LogP) is 1.27. The maximum Gasteiger partial charge on any atom is 0.243 e. The summed E-state index contributed by atoms with van der Waals surface area (Å²) in [4.78, 5) is 4.33. The zero-order chi connectivity index (χ0) is 13.5. The van der Waals surface area contributed by atoms with Crippen molar-refractivity contribution in [1.82, 2.24) is 14.1 Å². The minimum atomic E-state index is 0.728. The highest BCUT2D eigenvalue weighted by molar-refractivity contribution is 4.92. The third-order valence-electron chi connectivity index (χ3n) is 3.22. The molecular weight excluding hydrogens is 240 g/mol. The lowest BCUT2D eigenvalue weighted by Crippen LogP contribution is -2.33. The van der Waals surface area contributed by atoms with Crippen molar-refractivity contribution in [2.24, 2.45) is 0 Å². The van der Waals surface area contributed by atoms with Crippen molar-refractivity contribution in [1.29, 1.82) is 0 Å². The van der Waals surface area contributed by atoms with Crippen molar-refractivity contribution < 1.29 is 9.30 Å². The van der Waals surface area contributed by atoms with Gasteiger partial charge in [0.25, 0.3) is 0 Å². The van der Waals surface area contributed by atoms with Crippen LogP contribution < -0.4 is 4.57 Å². The Balaban J connectivity index is 1.64. The summed E-state index contributed by atoms with van der Waals surface area (Å²) in [6, 6.07) is 0. The third kappa shape index (κ3) is 3.92. The van der Waals surface area contributed by atoms with E-state index in [0.29, 0.717) is 0 Å². The van der Waals surface area contributed by atoms with Crippen molar-refractivity contribution >= 4 is 0 Å². The molecule has 2 aromatic rings. The van der Waals surface area contributed by atoms with Gasteiger partial charge in [-0.1, -0.05) is 0 Å². The van der Waals surface area contributed by atoms with E-state index >= 15 is 0 Å². The van der Waals surface area contributed by atoms with E-state index in [1.807, 2.05) is 12.4 Å². The fourth-order valence-electron chi connectivity index (χ4n) is 2.05. The lowest BCUT2D eigenvalue weighted by atomic mass is 10.4. The monoisotopic (exact) mass is 263 g/mol. The molecule has 0 atom stereocenters. The summed E-state index contributed by atoms with van der Waals surface area (Å²) in [5.74, 6) is 1.10. The molecule has 5 nitrogen and oxygen atoms in total. The Morgan fingerprint density at radius 1 is 1.21 bits per heavy atom. The van der Waals surface area contributed by atoms with E-state index < -0.39 is 0 Å². The molecule has 0 fully saturated rings. The van der Waals surface area contributed by atoms with Crippen LogP contribution in [0.15, 0.2) is 31.1 Å². The molecule has 0 saturated carbocycles. The molecule has 0 amide bonds. The molecule has 0 spiro atoms. The van der Waals surface area contributed by atoms with Gasteiger partial charge in [0.2, 0.25) is 6.33 Å². The first kappa shape index (κ1) is 13.8. The molecule has 5 heteroatoms. The van der Waals surface area contributed by atoms with E-state index in [1.165, 1.54) is 0 Å². The predicted molar refractivity (Wildman–Crippen MR) is 72.7 cm³/mol. The van der Waals surface area contributed by atoms with Crippen LogP contribution in [0.4, 0.5) is 0 Å². The Morgan fingerprint density at radius 3 is 2.84 bits per heavy atom. The number of imidazole rings is 2. The molecule has 0 aliphatic carbocycles. The Kier molecular flexibility index (Phi) is 5.15. The van der Waals surface area contributed by atoms with E-state index in [-0.39, 0.29) is 0 Å². The van der Waals surface area contributed by atoms with Crippen LogP contribution in [0.5, 0.6) is 0 Å². The number of ether oxygens (including phenoxy) is 1. The van der Waals surface area contributed by atoms with Gasteiger partial charge in [-0.05, 0) is 13.8 Å². The van der Waals surface area contributed by atoms with Crippen LogP contribution >= 0.6 is 0 Å². The quantitative estimate of drug-likeness (QED) is 0.531. The second kappa shape index (κ2) is 7.09. The van der Waals surface area contributed by atoms with Gasteiger partial charge in [0.15, 0.2) is 0 Å². The topological polar surface area (TPSA) is 35.9 Å². The summed E-state index contributed by atoms with van der Waals surface area (Å²) in [7, 11) is 0. The van der Waals surface area contributed by atoms with Crippen molar-refractivity contribution in [3.05, 3.63) is 36.9 Å². The normalized spacial score (nSPS) is 11.1. The summed E-state index contributed by atoms with van der Waals surface area (Å²) in [5, 5.41) is 0. The van der Waals surface area contributed by atoms with Crippen LogP contribution in [0.1, 0.15) is 19.7 Å². The third-order valence-corrected chi connectivity index (χ3v) is 3.22. The van der Waals surface area contributed by atoms with E-state index in [2.05, 4.69) is 51.3 Å². The first-order valence-corrected chi connectivity index (χ1v) is 6.96.